The number of benzene rings is 1. The van der Waals surface area contributed by atoms with Gasteiger partial charge in [-0.25, -0.2) is 0 Å². The molecule has 2 N–H and O–H groups in total. The van der Waals surface area contributed by atoms with Gasteiger partial charge in [-0.2, -0.15) is 0 Å². The van der Waals surface area contributed by atoms with Gasteiger partial charge in [0.25, 0.3) is 0 Å². The van der Waals surface area contributed by atoms with Crippen LogP contribution < -0.4 is 10.2 Å². The van der Waals surface area contributed by atoms with Gasteiger partial charge in [0.1, 0.15) is 5.75 Å². The van der Waals surface area contributed by atoms with Gasteiger partial charge < -0.3 is 20.1 Å². The maximum absolute atomic E-state index is 12.8. The first-order valence-corrected chi connectivity index (χ1v) is 7.58. The van der Waals surface area contributed by atoms with Crippen molar-refractivity contribution < 1.29 is 14.6 Å². The normalized spacial score (nSPS) is 21.4. The standard InChI is InChI=1S/C16H24N2O3/c1-3-8-17-15-11-21-10-14(15)16(20)18(4-2)12-6-5-7-13(19)9-12/h5-7,9,14-15,17,19H,3-4,8,10-11H2,1-2H3. The molecule has 0 aliphatic carbocycles. The molecule has 2 atom stereocenters. The van der Waals surface area contributed by atoms with E-state index in [1.54, 1.807) is 23.1 Å². The molecule has 1 aromatic carbocycles. The summed E-state index contributed by atoms with van der Waals surface area (Å²) in [5.41, 5.74) is 0.726. The Kier molecular flexibility index (Phi) is 5.59. The quantitative estimate of drug-likeness (QED) is 0.838. The van der Waals surface area contributed by atoms with Crippen LogP contribution in [0.15, 0.2) is 24.3 Å². The third-order valence-corrected chi connectivity index (χ3v) is 3.78. The topological polar surface area (TPSA) is 61.8 Å². The molecule has 0 aromatic heterocycles. The first kappa shape index (κ1) is 15.8. The molecule has 2 rings (SSSR count). The van der Waals surface area contributed by atoms with E-state index in [9.17, 15) is 9.90 Å². The third-order valence-electron chi connectivity index (χ3n) is 3.78. The molecule has 1 aromatic rings. The van der Waals surface area contributed by atoms with Crippen molar-refractivity contribution in [3.63, 3.8) is 0 Å². The summed E-state index contributed by atoms with van der Waals surface area (Å²) in [4.78, 5) is 14.5. The van der Waals surface area contributed by atoms with Crippen molar-refractivity contribution in [2.75, 3.05) is 31.2 Å². The Morgan fingerprint density at radius 1 is 1.43 bits per heavy atom. The molecule has 5 nitrogen and oxygen atoms in total. The highest BCUT2D eigenvalue weighted by molar-refractivity contribution is 5.95. The zero-order chi connectivity index (χ0) is 15.2. The molecular weight excluding hydrogens is 268 g/mol. The lowest BCUT2D eigenvalue weighted by atomic mass is 10.0. The third kappa shape index (κ3) is 3.74. The number of nitrogens with zero attached hydrogens (tertiary/aromatic N) is 1. The smallest absolute Gasteiger partial charge is 0.234 e. The van der Waals surface area contributed by atoms with Gasteiger partial charge in [-0.3, -0.25) is 4.79 Å². The average Bonchev–Trinajstić information content (AvgIpc) is 2.94. The van der Waals surface area contributed by atoms with E-state index in [0.29, 0.717) is 19.8 Å². The van der Waals surface area contributed by atoms with Crippen molar-refractivity contribution in [2.45, 2.75) is 26.3 Å². The van der Waals surface area contributed by atoms with E-state index in [4.69, 9.17) is 4.74 Å². The van der Waals surface area contributed by atoms with Gasteiger partial charge in [0.05, 0.1) is 19.1 Å². The summed E-state index contributed by atoms with van der Waals surface area (Å²) in [6, 6.07) is 6.88. The zero-order valence-electron chi connectivity index (χ0n) is 12.7. The Balaban J connectivity index is 2.12. The van der Waals surface area contributed by atoms with Crippen LogP contribution >= 0.6 is 0 Å². The fourth-order valence-corrected chi connectivity index (χ4v) is 2.66. The fourth-order valence-electron chi connectivity index (χ4n) is 2.66. The van der Waals surface area contributed by atoms with Crippen LogP contribution in [0.5, 0.6) is 5.75 Å². The van der Waals surface area contributed by atoms with Gasteiger partial charge in [-0.1, -0.05) is 13.0 Å². The largest absolute Gasteiger partial charge is 0.508 e. The van der Waals surface area contributed by atoms with E-state index in [1.807, 2.05) is 13.0 Å². The molecule has 1 aliphatic rings. The number of rotatable bonds is 6. The number of amides is 1. The maximum atomic E-state index is 12.8. The Labute approximate surface area is 125 Å². The monoisotopic (exact) mass is 292 g/mol. The predicted molar refractivity (Wildman–Crippen MR) is 82.5 cm³/mol. The lowest BCUT2D eigenvalue weighted by Crippen LogP contribution is -2.46. The van der Waals surface area contributed by atoms with Gasteiger partial charge in [-0.15, -0.1) is 0 Å². The predicted octanol–water partition coefficient (Wildman–Crippen LogP) is 1.76. The first-order chi connectivity index (χ1) is 10.2. The molecule has 116 valence electrons. The zero-order valence-corrected chi connectivity index (χ0v) is 12.7. The van der Waals surface area contributed by atoms with Gasteiger partial charge in [0.2, 0.25) is 5.91 Å². The van der Waals surface area contributed by atoms with Crippen LogP contribution in [0, 0.1) is 5.92 Å². The van der Waals surface area contributed by atoms with E-state index in [0.717, 1.165) is 18.7 Å². The number of ether oxygens (including phenoxy) is 1. The molecule has 0 radical (unpaired) electrons. The molecule has 0 bridgehead atoms. The van der Waals surface area contributed by atoms with Crippen LogP contribution in [0.4, 0.5) is 5.69 Å². The lowest BCUT2D eigenvalue weighted by molar-refractivity contribution is -0.122. The molecule has 0 spiro atoms. The summed E-state index contributed by atoms with van der Waals surface area (Å²) < 4.78 is 5.48. The lowest BCUT2D eigenvalue weighted by Gasteiger charge is -2.27. The van der Waals surface area contributed by atoms with Gasteiger partial charge in [0.15, 0.2) is 0 Å². The van der Waals surface area contributed by atoms with Crippen molar-refractivity contribution in [1.82, 2.24) is 5.32 Å². The van der Waals surface area contributed by atoms with E-state index >= 15 is 0 Å². The number of carbonyl (C=O) groups excluding carboxylic acids is 1. The number of carbonyl (C=O) groups is 1. The molecule has 1 fully saturated rings. The van der Waals surface area contributed by atoms with E-state index in [2.05, 4.69) is 12.2 Å². The fraction of sp³-hybridized carbons (Fsp3) is 0.562. The van der Waals surface area contributed by atoms with Crippen molar-refractivity contribution in [2.24, 2.45) is 5.92 Å². The van der Waals surface area contributed by atoms with Crippen LogP contribution in [-0.2, 0) is 9.53 Å². The van der Waals surface area contributed by atoms with Crippen LogP contribution in [0.2, 0.25) is 0 Å². The molecular formula is C16H24N2O3. The molecule has 2 unspecified atom stereocenters. The number of hydrogen-bond acceptors (Lipinski definition) is 4. The average molecular weight is 292 g/mol. The van der Waals surface area contributed by atoms with Crippen LogP contribution in [0.1, 0.15) is 20.3 Å². The van der Waals surface area contributed by atoms with E-state index in [1.165, 1.54) is 0 Å². The summed E-state index contributed by atoms with van der Waals surface area (Å²) in [6.45, 7) is 6.52. The number of phenols is 1. The molecule has 1 amide bonds. The second-order valence-corrected chi connectivity index (χ2v) is 5.31. The Bertz CT molecular complexity index is 478. The minimum absolute atomic E-state index is 0.0502. The highest BCUT2D eigenvalue weighted by atomic mass is 16.5. The van der Waals surface area contributed by atoms with Crippen LogP contribution in [-0.4, -0.2) is 43.4 Å². The molecule has 0 saturated carbocycles. The highest BCUT2D eigenvalue weighted by Gasteiger charge is 2.36. The molecule has 1 saturated heterocycles. The van der Waals surface area contributed by atoms with Gasteiger partial charge in [-0.05, 0) is 32.0 Å². The highest BCUT2D eigenvalue weighted by Crippen LogP contribution is 2.24. The summed E-state index contributed by atoms with van der Waals surface area (Å²) in [5, 5.41) is 13.0. The van der Waals surface area contributed by atoms with Crippen LogP contribution in [0.25, 0.3) is 0 Å². The van der Waals surface area contributed by atoms with Crippen molar-refractivity contribution >= 4 is 11.6 Å². The van der Waals surface area contributed by atoms with E-state index in [-0.39, 0.29) is 23.6 Å². The van der Waals surface area contributed by atoms with Crippen molar-refractivity contribution in [1.29, 1.82) is 0 Å². The summed E-state index contributed by atoms with van der Waals surface area (Å²) in [5.74, 6) is 0.0510. The second-order valence-electron chi connectivity index (χ2n) is 5.31. The number of aromatic hydroxyl groups is 1. The SMILES string of the molecule is CCCNC1COCC1C(=O)N(CC)c1cccc(O)c1. The minimum atomic E-state index is -0.168. The maximum Gasteiger partial charge on any atom is 0.234 e. The Morgan fingerprint density at radius 3 is 2.90 bits per heavy atom. The summed E-state index contributed by atoms with van der Waals surface area (Å²) in [7, 11) is 0. The number of hydrogen-bond donors (Lipinski definition) is 2. The number of phenolic OH excluding ortho intramolecular Hbond substituents is 1. The minimum Gasteiger partial charge on any atom is -0.508 e. The Hall–Kier alpha value is -1.59. The summed E-state index contributed by atoms with van der Waals surface area (Å²) in [6.07, 6.45) is 1.03. The van der Waals surface area contributed by atoms with Crippen LogP contribution in [0.3, 0.4) is 0 Å². The number of nitrogens with one attached hydrogen (secondary N) is 1. The molecule has 1 aliphatic heterocycles. The number of anilines is 1. The second kappa shape index (κ2) is 7.43. The van der Waals surface area contributed by atoms with Gasteiger partial charge >= 0.3 is 0 Å². The van der Waals surface area contributed by atoms with E-state index < -0.39 is 0 Å². The van der Waals surface area contributed by atoms with Crippen molar-refractivity contribution in [3.8, 4) is 5.75 Å². The molecule has 21 heavy (non-hydrogen) atoms. The van der Waals surface area contributed by atoms with Crippen molar-refractivity contribution in [3.05, 3.63) is 24.3 Å². The summed E-state index contributed by atoms with van der Waals surface area (Å²) >= 11 is 0. The first-order valence-electron chi connectivity index (χ1n) is 7.58. The molecule has 5 heteroatoms. The molecule has 1 heterocycles. The van der Waals surface area contributed by atoms with Gasteiger partial charge in [0, 0.05) is 24.3 Å². The Morgan fingerprint density at radius 2 is 2.24 bits per heavy atom.